The molecule has 0 aliphatic rings. The van der Waals surface area contributed by atoms with Crippen LogP contribution in [0, 0.1) is 5.92 Å². The molecule has 0 aromatic carbocycles. The van der Waals surface area contributed by atoms with Crippen molar-refractivity contribution < 1.29 is 0 Å². The van der Waals surface area contributed by atoms with Crippen molar-refractivity contribution in [1.82, 2.24) is 0 Å². The second-order valence-corrected chi connectivity index (χ2v) is 3.80. The smallest absolute Gasteiger partial charge is 0.0411 e. The molecule has 0 radical (unpaired) electrons. The molecular weight excluding hydrogens is 146 g/mol. The zero-order chi connectivity index (χ0) is 9.40. The number of aliphatic imine (C=N–C) groups is 1. The first kappa shape index (κ1) is 11.7. The summed E-state index contributed by atoms with van der Waals surface area (Å²) < 4.78 is 0. The van der Waals surface area contributed by atoms with E-state index in [1.165, 1.54) is 31.4 Å². The number of hydrogen-bond acceptors (Lipinski definition) is 1. The van der Waals surface area contributed by atoms with Crippen LogP contribution in [0.1, 0.15) is 53.4 Å². The van der Waals surface area contributed by atoms with Crippen molar-refractivity contribution in [2.24, 2.45) is 10.9 Å². The van der Waals surface area contributed by atoms with Crippen LogP contribution in [0.15, 0.2) is 4.99 Å². The monoisotopic (exact) mass is 169 g/mol. The minimum absolute atomic E-state index is 0.703. The quantitative estimate of drug-likeness (QED) is 0.538. The normalized spacial score (nSPS) is 10.4. The minimum atomic E-state index is 0.703. The van der Waals surface area contributed by atoms with Crippen molar-refractivity contribution in [3.63, 3.8) is 0 Å². The van der Waals surface area contributed by atoms with Gasteiger partial charge in [-0.2, -0.15) is 0 Å². The molecule has 12 heavy (non-hydrogen) atoms. The van der Waals surface area contributed by atoms with Crippen LogP contribution in [-0.2, 0) is 0 Å². The predicted octanol–water partition coefficient (Wildman–Crippen LogP) is 3.68. The summed E-state index contributed by atoms with van der Waals surface area (Å²) >= 11 is 0. The summed E-state index contributed by atoms with van der Waals surface area (Å²) in [5.41, 5.74) is 1.42. The molecule has 0 aromatic rings. The number of hydrogen-bond donors (Lipinski definition) is 0. The molecule has 0 spiro atoms. The van der Waals surface area contributed by atoms with E-state index >= 15 is 0 Å². The van der Waals surface area contributed by atoms with Crippen molar-refractivity contribution in [2.75, 3.05) is 6.54 Å². The van der Waals surface area contributed by atoms with E-state index in [1.54, 1.807) is 0 Å². The van der Waals surface area contributed by atoms with Crippen LogP contribution in [0.4, 0.5) is 0 Å². The Morgan fingerprint density at radius 1 is 1.08 bits per heavy atom. The van der Waals surface area contributed by atoms with Gasteiger partial charge in [-0.05, 0) is 18.8 Å². The van der Waals surface area contributed by atoms with Gasteiger partial charge >= 0.3 is 0 Å². The first-order valence-corrected chi connectivity index (χ1v) is 5.22. The van der Waals surface area contributed by atoms with Gasteiger partial charge in [-0.15, -0.1) is 0 Å². The van der Waals surface area contributed by atoms with E-state index in [1.807, 2.05) is 0 Å². The van der Waals surface area contributed by atoms with Gasteiger partial charge < -0.3 is 0 Å². The Labute approximate surface area is 77.3 Å². The molecule has 0 N–H and O–H groups in total. The first-order chi connectivity index (χ1) is 5.70. The summed E-state index contributed by atoms with van der Waals surface area (Å²) in [5.74, 6) is 0.703. The molecule has 0 rings (SSSR count). The van der Waals surface area contributed by atoms with Gasteiger partial charge in [-0.25, -0.2) is 0 Å². The Kier molecular flexibility index (Phi) is 7.12. The molecule has 0 bridgehead atoms. The first-order valence-electron chi connectivity index (χ1n) is 5.22. The van der Waals surface area contributed by atoms with Gasteiger partial charge in [0.1, 0.15) is 0 Å². The third kappa shape index (κ3) is 6.38. The van der Waals surface area contributed by atoms with Gasteiger partial charge in [-0.3, -0.25) is 4.99 Å². The maximum Gasteiger partial charge on any atom is 0.0411 e. The van der Waals surface area contributed by atoms with Crippen molar-refractivity contribution in [3.05, 3.63) is 0 Å². The van der Waals surface area contributed by atoms with Crippen LogP contribution in [0.3, 0.4) is 0 Å². The molecule has 0 saturated carbocycles. The van der Waals surface area contributed by atoms with Gasteiger partial charge in [0.15, 0.2) is 0 Å². The molecule has 0 fully saturated rings. The average molecular weight is 169 g/mol. The van der Waals surface area contributed by atoms with Gasteiger partial charge in [0.2, 0.25) is 0 Å². The van der Waals surface area contributed by atoms with Crippen LogP contribution in [0.25, 0.3) is 0 Å². The summed E-state index contributed by atoms with van der Waals surface area (Å²) in [6.45, 7) is 9.90. The fraction of sp³-hybridized carbons (Fsp3) is 0.909. The lowest BCUT2D eigenvalue weighted by Crippen LogP contribution is -2.01. The fourth-order valence-electron chi connectivity index (χ4n) is 1.17. The van der Waals surface area contributed by atoms with Crippen molar-refractivity contribution in [3.8, 4) is 0 Å². The summed E-state index contributed by atoms with van der Waals surface area (Å²) in [7, 11) is 0. The van der Waals surface area contributed by atoms with E-state index in [0.717, 1.165) is 6.54 Å². The van der Waals surface area contributed by atoms with E-state index in [0.29, 0.717) is 5.92 Å². The predicted molar refractivity (Wildman–Crippen MR) is 57.0 cm³/mol. The minimum Gasteiger partial charge on any atom is -0.294 e. The van der Waals surface area contributed by atoms with Crippen molar-refractivity contribution in [2.45, 2.75) is 53.4 Å². The van der Waals surface area contributed by atoms with Crippen LogP contribution in [-0.4, -0.2) is 12.3 Å². The zero-order valence-corrected chi connectivity index (χ0v) is 9.06. The Hall–Kier alpha value is -0.330. The summed E-state index contributed by atoms with van der Waals surface area (Å²) in [6, 6.07) is 0. The zero-order valence-electron chi connectivity index (χ0n) is 9.06. The van der Waals surface area contributed by atoms with Crippen molar-refractivity contribution in [1.29, 1.82) is 0 Å². The Bertz CT molecular complexity index is 117. The van der Waals surface area contributed by atoms with E-state index in [4.69, 9.17) is 0 Å². The Morgan fingerprint density at radius 3 is 1.92 bits per heavy atom. The Balaban J connectivity index is 3.81. The highest BCUT2D eigenvalue weighted by molar-refractivity contribution is 5.84. The highest BCUT2D eigenvalue weighted by atomic mass is 14.7. The number of nitrogens with zero attached hydrogens (tertiary/aromatic N) is 1. The molecule has 0 atom stereocenters. The molecule has 0 amide bonds. The van der Waals surface area contributed by atoms with Crippen LogP contribution >= 0.6 is 0 Å². The summed E-state index contributed by atoms with van der Waals surface area (Å²) in [5, 5.41) is 0. The van der Waals surface area contributed by atoms with E-state index < -0.39 is 0 Å². The van der Waals surface area contributed by atoms with E-state index in [9.17, 15) is 0 Å². The maximum absolute atomic E-state index is 4.62. The van der Waals surface area contributed by atoms with Gasteiger partial charge in [0.25, 0.3) is 0 Å². The van der Waals surface area contributed by atoms with Gasteiger partial charge in [0, 0.05) is 12.3 Å². The van der Waals surface area contributed by atoms with Gasteiger partial charge in [0.05, 0.1) is 0 Å². The standard InChI is InChI=1S/C11H23N/c1-5-7-11(8-6-2)12-9-10(3)4/h10H,5-9H2,1-4H3. The number of rotatable bonds is 6. The third-order valence-electron chi connectivity index (χ3n) is 1.76. The molecule has 1 nitrogen and oxygen atoms in total. The van der Waals surface area contributed by atoms with Crippen LogP contribution in [0.5, 0.6) is 0 Å². The van der Waals surface area contributed by atoms with Crippen LogP contribution in [0.2, 0.25) is 0 Å². The van der Waals surface area contributed by atoms with Gasteiger partial charge in [-0.1, -0.05) is 40.5 Å². The summed E-state index contributed by atoms with van der Waals surface area (Å²) in [4.78, 5) is 4.62. The molecule has 0 aromatic heterocycles. The fourth-order valence-corrected chi connectivity index (χ4v) is 1.17. The molecular formula is C11H23N. The van der Waals surface area contributed by atoms with Crippen LogP contribution < -0.4 is 0 Å². The molecule has 0 aliphatic heterocycles. The second kappa shape index (κ2) is 7.33. The molecule has 1 heteroatoms. The topological polar surface area (TPSA) is 12.4 Å². The third-order valence-corrected chi connectivity index (χ3v) is 1.76. The SMILES string of the molecule is CCCC(CCC)=NCC(C)C. The van der Waals surface area contributed by atoms with E-state index in [-0.39, 0.29) is 0 Å². The highest BCUT2D eigenvalue weighted by Gasteiger charge is 1.97. The molecule has 0 saturated heterocycles. The highest BCUT2D eigenvalue weighted by Crippen LogP contribution is 2.02. The average Bonchev–Trinajstić information content (AvgIpc) is 2.01. The largest absolute Gasteiger partial charge is 0.294 e. The Morgan fingerprint density at radius 2 is 1.58 bits per heavy atom. The lowest BCUT2D eigenvalue weighted by molar-refractivity contribution is 0.661. The second-order valence-electron chi connectivity index (χ2n) is 3.80. The molecule has 72 valence electrons. The summed E-state index contributed by atoms with van der Waals surface area (Å²) in [6.07, 6.45) is 4.86. The molecule has 0 aliphatic carbocycles. The lowest BCUT2D eigenvalue weighted by Gasteiger charge is -2.05. The maximum atomic E-state index is 4.62. The lowest BCUT2D eigenvalue weighted by atomic mass is 10.1. The van der Waals surface area contributed by atoms with Crippen molar-refractivity contribution >= 4 is 5.71 Å². The molecule has 0 unspecified atom stereocenters. The van der Waals surface area contributed by atoms with E-state index in [2.05, 4.69) is 32.7 Å². The molecule has 0 heterocycles.